The third-order valence-electron chi connectivity index (χ3n) is 4.12. The van der Waals surface area contributed by atoms with E-state index in [-0.39, 0.29) is 11.9 Å². The average molecular weight is 240 g/mol. The van der Waals surface area contributed by atoms with E-state index in [2.05, 4.69) is 0 Å². The van der Waals surface area contributed by atoms with Crippen LogP contribution in [0, 0.1) is 11.8 Å². The molecule has 17 heavy (non-hydrogen) atoms. The van der Waals surface area contributed by atoms with E-state index in [4.69, 9.17) is 5.11 Å². The molecule has 1 saturated carbocycles. The number of carboxylic acids is 1. The first-order chi connectivity index (χ1) is 8.00. The maximum atomic E-state index is 12.2. The summed E-state index contributed by atoms with van der Waals surface area (Å²) < 4.78 is 0. The van der Waals surface area contributed by atoms with Crippen molar-refractivity contribution in [2.24, 2.45) is 11.8 Å². The van der Waals surface area contributed by atoms with Crippen molar-refractivity contribution in [3.8, 4) is 0 Å². The predicted molar refractivity (Wildman–Crippen MR) is 62.7 cm³/mol. The molecule has 0 radical (unpaired) electrons. The van der Waals surface area contributed by atoms with Gasteiger partial charge in [0.15, 0.2) is 0 Å². The monoisotopic (exact) mass is 240 g/mol. The van der Waals surface area contributed by atoms with Crippen molar-refractivity contribution in [2.45, 2.75) is 32.2 Å². The van der Waals surface area contributed by atoms with E-state index in [9.17, 15) is 9.59 Å². The molecular formula is C12H20N2O3. The molecule has 1 aliphatic heterocycles. The Balaban J connectivity index is 1.94. The minimum Gasteiger partial charge on any atom is -0.481 e. The molecule has 2 aliphatic rings. The van der Waals surface area contributed by atoms with Gasteiger partial charge < -0.3 is 14.9 Å². The second-order valence-electron chi connectivity index (χ2n) is 5.31. The summed E-state index contributed by atoms with van der Waals surface area (Å²) in [5.74, 6) is -1.15. The number of carboxylic acid groups (broad SMARTS) is 1. The van der Waals surface area contributed by atoms with Crippen molar-refractivity contribution in [3.05, 3.63) is 0 Å². The number of amides is 2. The average Bonchev–Trinajstić information content (AvgIpc) is 2.56. The summed E-state index contributed by atoms with van der Waals surface area (Å²) in [6, 6.07) is 0.354. The topological polar surface area (TPSA) is 60.9 Å². The lowest BCUT2D eigenvalue weighted by Crippen LogP contribution is -2.47. The number of carbonyl (C=O) groups excluding carboxylic acids is 1. The largest absolute Gasteiger partial charge is 0.481 e. The highest BCUT2D eigenvalue weighted by Gasteiger charge is 2.39. The van der Waals surface area contributed by atoms with Crippen molar-refractivity contribution in [2.75, 3.05) is 20.1 Å². The molecule has 0 spiro atoms. The van der Waals surface area contributed by atoms with Crippen LogP contribution in [-0.4, -0.2) is 53.1 Å². The van der Waals surface area contributed by atoms with Gasteiger partial charge in [0.1, 0.15) is 0 Å². The third kappa shape index (κ3) is 2.23. The highest BCUT2D eigenvalue weighted by atomic mass is 16.4. The Bertz CT molecular complexity index is 328. The van der Waals surface area contributed by atoms with E-state index in [0.717, 1.165) is 12.8 Å². The van der Waals surface area contributed by atoms with Crippen LogP contribution in [0.25, 0.3) is 0 Å². The van der Waals surface area contributed by atoms with Gasteiger partial charge in [-0.25, -0.2) is 4.79 Å². The van der Waals surface area contributed by atoms with Gasteiger partial charge in [0.25, 0.3) is 0 Å². The molecule has 0 aromatic carbocycles. The Morgan fingerprint density at radius 1 is 1.29 bits per heavy atom. The lowest BCUT2D eigenvalue weighted by molar-refractivity contribution is -0.142. The minimum atomic E-state index is -0.793. The summed E-state index contributed by atoms with van der Waals surface area (Å²) in [5, 5.41) is 9.04. The molecule has 2 atom stereocenters. The fraction of sp³-hybridized carbons (Fsp3) is 0.833. The van der Waals surface area contributed by atoms with Gasteiger partial charge in [0.05, 0.1) is 5.92 Å². The van der Waals surface area contributed by atoms with Gasteiger partial charge in [0.2, 0.25) is 0 Å². The van der Waals surface area contributed by atoms with Crippen LogP contribution in [-0.2, 0) is 4.79 Å². The van der Waals surface area contributed by atoms with Gasteiger partial charge in [-0.1, -0.05) is 6.92 Å². The van der Waals surface area contributed by atoms with Crippen LogP contribution in [0.3, 0.4) is 0 Å². The van der Waals surface area contributed by atoms with Gasteiger partial charge in [-0.15, -0.1) is 0 Å². The molecule has 0 aromatic rings. The molecule has 1 saturated heterocycles. The maximum absolute atomic E-state index is 12.2. The SMILES string of the molecule is C[C@@H]1CN(C(=O)N(C)C2CCC2)C[C@H]1C(=O)O. The lowest BCUT2D eigenvalue weighted by Gasteiger charge is -2.37. The van der Waals surface area contributed by atoms with Crippen molar-refractivity contribution < 1.29 is 14.7 Å². The molecular weight excluding hydrogens is 220 g/mol. The molecule has 5 nitrogen and oxygen atoms in total. The molecule has 1 aliphatic carbocycles. The third-order valence-corrected chi connectivity index (χ3v) is 4.12. The first kappa shape index (κ1) is 12.2. The Labute approximate surface area is 101 Å². The number of carbonyl (C=O) groups is 2. The second-order valence-corrected chi connectivity index (χ2v) is 5.31. The van der Waals surface area contributed by atoms with Gasteiger partial charge in [-0.3, -0.25) is 4.79 Å². The zero-order valence-corrected chi connectivity index (χ0v) is 10.4. The maximum Gasteiger partial charge on any atom is 0.320 e. The first-order valence-electron chi connectivity index (χ1n) is 6.25. The molecule has 96 valence electrons. The minimum absolute atomic E-state index is 0.00898. The Morgan fingerprint density at radius 2 is 1.94 bits per heavy atom. The fourth-order valence-corrected chi connectivity index (χ4v) is 2.60. The molecule has 1 heterocycles. The number of aliphatic carboxylic acids is 1. The molecule has 0 bridgehead atoms. The number of nitrogens with zero attached hydrogens (tertiary/aromatic N) is 2. The molecule has 1 N–H and O–H groups in total. The van der Waals surface area contributed by atoms with Crippen LogP contribution in [0.2, 0.25) is 0 Å². The van der Waals surface area contributed by atoms with Crippen LogP contribution < -0.4 is 0 Å². The second kappa shape index (κ2) is 4.55. The van der Waals surface area contributed by atoms with Crippen molar-refractivity contribution in [1.29, 1.82) is 0 Å². The van der Waals surface area contributed by atoms with Crippen molar-refractivity contribution in [1.82, 2.24) is 9.80 Å². The lowest BCUT2D eigenvalue weighted by atomic mass is 9.92. The molecule has 0 unspecified atom stereocenters. The summed E-state index contributed by atoms with van der Waals surface area (Å²) >= 11 is 0. The van der Waals surface area contributed by atoms with Gasteiger partial charge in [-0.05, 0) is 25.2 Å². The normalized spacial score (nSPS) is 28.9. The van der Waals surface area contributed by atoms with Crippen LogP contribution >= 0.6 is 0 Å². The van der Waals surface area contributed by atoms with E-state index >= 15 is 0 Å². The van der Waals surface area contributed by atoms with E-state index < -0.39 is 11.9 Å². The number of hydrogen-bond acceptors (Lipinski definition) is 2. The van der Waals surface area contributed by atoms with E-state index in [0.29, 0.717) is 19.1 Å². The number of urea groups is 1. The number of rotatable bonds is 2. The molecule has 0 aromatic heterocycles. The van der Waals surface area contributed by atoms with Crippen LogP contribution in [0.15, 0.2) is 0 Å². The van der Waals surface area contributed by atoms with Crippen LogP contribution in [0.4, 0.5) is 4.79 Å². The summed E-state index contributed by atoms with van der Waals surface area (Å²) in [6.45, 7) is 2.81. The summed E-state index contributed by atoms with van der Waals surface area (Å²) in [4.78, 5) is 26.6. The number of likely N-dealkylation sites (tertiary alicyclic amines) is 1. The van der Waals surface area contributed by atoms with Crippen molar-refractivity contribution in [3.63, 3.8) is 0 Å². The summed E-state index contributed by atoms with van der Waals surface area (Å²) in [7, 11) is 1.82. The Hall–Kier alpha value is -1.26. The zero-order valence-electron chi connectivity index (χ0n) is 10.4. The summed E-state index contributed by atoms with van der Waals surface area (Å²) in [5.41, 5.74) is 0. The standard InChI is InChI=1S/C12H20N2O3/c1-8-6-14(7-10(8)11(15)16)12(17)13(2)9-4-3-5-9/h8-10H,3-7H2,1-2H3,(H,15,16)/t8-,10-/m1/s1. The van der Waals surface area contributed by atoms with Crippen LogP contribution in [0.1, 0.15) is 26.2 Å². The van der Waals surface area contributed by atoms with E-state index in [1.54, 1.807) is 9.80 Å². The summed E-state index contributed by atoms with van der Waals surface area (Å²) in [6.07, 6.45) is 3.35. The highest BCUT2D eigenvalue weighted by molar-refractivity contribution is 5.77. The molecule has 5 heteroatoms. The molecule has 2 fully saturated rings. The Morgan fingerprint density at radius 3 is 2.35 bits per heavy atom. The predicted octanol–water partition coefficient (Wildman–Crippen LogP) is 1.24. The highest BCUT2D eigenvalue weighted by Crippen LogP contribution is 2.28. The quantitative estimate of drug-likeness (QED) is 0.790. The van der Waals surface area contributed by atoms with Gasteiger partial charge >= 0.3 is 12.0 Å². The van der Waals surface area contributed by atoms with Gasteiger partial charge in [0, 0.05) is 26.2 Å². The fourth-order valence-electron chi connectivity index (χ4n) is 2.60. The van der Waals surface area contributed by atoms with E-state index in [1.165, 1.54) is 6.42 Å². The molecule has 2 amide bonds. The molecule has 2 rings (SSSR count). The number of hydrogen-bond donors (Lipinski definition) is 1. The first-order valence-corrected chi connectivity index (χ1v) is 6.25. The Kier molecular flexibility index (Phi) is 3.26. The van der Waals surface area contributed by atoms with Gasteiger partial charge in [-0.2, -0.15) is 0 Å². The van der Waals surface area contributed by atoms with Crippen LogP contribution in [0.5, 0.6) is 0 Å². The van der Waals surface area contributed by atoms with Crippen molar-refractivity contribution >= 4 is 12.0 Å². The zero-order chi connectivity index (χ0) is 12.6. The smallest absolute Gasteiger partial charge is 0.320 e. The van der Waals surface area contributed by atoms with E-state index in [1.807, 2.05) is 14.0 Å².